The molecule has 2 heterocycles. The molecule has 48 heavy (non-hydrogen) atoms. The van der Waals surface area contributed by atoms with Gasteiger partial charge in [-0.25, -0.2) is 9.79 Å². The Kier molecular flexibility index (Phi) is 9.84. The highest BCUT2D eigenvalue weighted by atomic mass is 35.5. The molecule has 11 heteroatoms. The summed E-state index contributed by atoms with van der Waals surface area (Å²) < 4.78 is 30.4. The number of esters is 1. The van der Waals surface area contributed by atoms with Gasteiger partial charge in [0, 0.05) is 6.20 Å². The van der Waals surface area contributed by atoms with E-state index in [1.807, 2.05) is 38.1 Å². The third-order valence-corrected chi connectivity index (χ3v) is 9.09. The molecule has 246 valence electrons. The number of carbonyl (C=O) groups excluding carboxylic acids is 1. The number of hydrogen-bond donors (Lipinski definition) is 0. The smallest absolute Gasteiger partial charge is 0.337 e. The molecule has 1 aliphatic rings. The first-order valence-corrected chi connectivity index (χ1v) is 16.5. The van der Waals surface area contributed by atoms with E-state index in [-0.39, 0.29) is 17.7 Å². The van der Waals surface area contributed by atoms with Crippen molar-refractivity contribution in [3.8, 4) is 23.0 Å². The van der Waals surface area contributed by atoms with Crippen molar-refractivity contribution in [3.63, 3.8) is 0 Å². The molecule has 4 aromatic carbocycles. The third kappa shape index (κ3) is 6.41. The number of methoxy groups -OCH3 is 2. The van der Waals surface area contributed by atoms with E-state index >= 15 is 0 Å². The molecule has 1 aromatic heterocycles. The van der Waals surface area contributed by atoms with Crippen LogP contribution < -0.4 is 33.8 Å². The summed E-state index contributed by atoms with van der Waals surface area (Å²) in [5, 5.41) is 2.54. The molecule has 0 fully saturated rings. The molecule has 0 bridgehead atoms. The molecule has 1 aliphatic heterocycles. The van der Waals surface area contributed by atoms with E-state index in [1.165, 1.54) is 36.3 Å². The minimum Gasteiger partial charge on any atom is -0.493 e. The number of carbonyl (C=O) groups is 1. The molecule has 0 N–H and O–H groups in total. The van der Waals surface area contributed by atoms with E-state index in [9.17, 15) is 9.59 Å². The number of halogens is 1. The second kappa shape index (κ2) is 14.4. The van der Waals surface area contributed by atoms with Crippen LogP contribution in [0, 0.1) is 0 Å². The highest BCUT2D eigenvalue weighted by Gasteiger charge is 2.31. The van der Waals surface area contributed by atoms with Gasteiger partial charge in [0.1, 0.15) is 6.61 Å². The van der Waals surface area contributed by atoms with Crippen LogP contribution >= 0.6 is 22.9 Å². The van der Waals surface area contributed by atoms with Gasteiger partial charge in [-0.05, 0) is 71.7 Å². The average molecular weight is 685 g/mol. The molecule has 0 saturated heterocycles. The van der Waals surface area contributed by atoms with Crippen molar-refractivity contribution in [2.75, 3.05) is 27.4 Å². The fourth-order valence-electron chi connectivity index (χ4n) is 5.67. The number of aromatic nitrogens is 1. The van der Waals surface area contributed by atoms with Crippen molar-refractivity contribution < 1.29 is 28.5 Å². The summed E-state index contributed by atoms with van der Waals surface area (Å²) in [4.78, 5) is 31.9. The number of fused-ring (bicyclic) bond motifs is 2. The Morgan fingerprint density at radius 1 is 0.938 bits per heavy atom. The number of thiazole rings is 1. The van der Waals surface area contributed by atoms with Gasteiger partial charge in [-0.3, -0.25) is 9.36 Å². The molecule has 0 spiro atoms. The van der Waals surface area contributed by atoms with Crippen LogP contribution in [0.15, 0.2) is 94.4 Å². The average Bonchev–Trinajstić information content (AvgIpc) is 3.42. The van der Waals surface area contributed by atoms with Crippen LogP contribution in [0.4, 0.5) is 0 Å². The maximum Gasteiger partial charge on any atom is 0.337 e. The first kappa shape index (κ1) is 32.9. The van der Waals surface area contributed by atoms with Crippen LogP contribution in [0.1, 0.15) is 36.6 Å². The quantitative estimate of drug-likeness (QED) is 0.153. The lowest BCUT2D eigenvalue weighted by atomic mass is 9.97. The minimum absolute atomic E-state index is 0.209. The van der Waals surface area contributed by atoms with Crippen molar-refractivity contribution in [3.05, 3.63) is 126 Å². The lowest BCUT2D eigenvalue weighted by molar-refractivity contribution is -0.136. The van der Waals surface area contributed by atoms with Gasteiger partial charge in [-0.2, -0.15) is 0 Å². The Bertz CT molecular complexity index is 2220. The van der Waals surface area contributed by atoms with Gasteiger partial charge in [-0.1, -0.05) is 71.5 Å². The summed E-state index contributed by atoms with van der Waals surface area (Å²) in [6.45, 7) is 4.90. The Balaban J connectivity index is 1.38. The van der Waals surface area contributed by atoms with Gasteiger partial charge in [0.25, 0.3) is 5.56 Å². The summed E-state index contributed by atoms with van der Waals surface area (Å²) in [5.41, 5.74) is 2.15. The van der Waals surface area contributed by atoms with E-state index in [4.69, 9.17) is 35.3 Å². The number of nitrogens with zero attached hydrogens (tertiary/aromatic N) is 2. The molecule has 5 aromatic rings. The van der Waals surface area contributed by atoms with Gasteiger partial charge < -0.3 is 23.7 Å². The fourth-order valence-corrected chi connectivity index (χ4v) is 6.91. The molecular formula is C37H33ClN2O7S. The zero-order valence-corrected chi connectivity index (χ0v) is 28.4. The van der Waals surface area contributed by atoms with Crippen LogP contribution in [0.3, 0.4) is 0 Å². The molecule has 9 nitrogen and oxygen atoms in total. The Hall–Kier alpha value is -5.06. The van der Waals surface area contributed by atoms with Crippen molar-refractivity contribution >= 4 is 45.8 Å². The van der Waals surface area contributed by atoms with Crippen molar-refractivity contribution in [2.24, 2.45) is 4.99 Å². The summed E-state index contributed by atoms with van der Waals surface area (Å²) in [6.07, 6.45) is 3.17. The van der Waals surface area contributed by atoms with Gasteiger partial charge in [0.05, 0.1) is 48.6 Å². The van der Waals surface area contributed by atoms with Crippen LogP contribution in [-0.2, 0) is 16.1 Å². The topological polar surface area (TPSA) is 97.6 Å². The highest BCUT2D eigenvalue weighted by Crippen LogP contribution is 2.38. The van der Waals surface area contributed by atoms with Crippen LogP contribution in [0.2, 0.25) is 5.02 Å². The number of benzene rings is 4. The number of hydrogen-bond acceptors (Lipinski definition) is 9. The monoisotopic (exact) mass is 684 g/mol. The largest absolute Gasteiger partial charge is 0.493 e. The Labute approximate surface area is 285 Å². The van der Waals surface area contributed by atoms with Gasteiger partial charge in [0.2, 0.25) is 0 Å². The normalized spacial score (nSPS) is 14.1. The summed E-state index contributed by atoms with van der Waals surface area (Å²) >= 11 is 7.94. The number of rotatable bonds is 11. The standard InChI is InChI=1S/C37H33ClN2O7S/c1-5-45-29-15-14-24(19-30(29)46-6-2)33-27(36(42)44-4)20-39-37-40(33)35(41)32(48-37)18-22-16-28(38)34(31(17-22)43-3)47-21-25-12-9-11-23-10-7-8-13-26(23)25/h7-20,33H,5-6,21H2,1-4H3/b32-18-/t33-/m1/s1. The summed E-state index contributed by atoms with van der Waals surface area (Å²) in [7, 11) is 2.83. The highest BCUT2D eigenvalue weighted by molar-refractivity contribution is 7.07. The Morgan fingerprint density at radius 2 is 1.71 bits per heavy atom. The zero-order valence-electron chi connectivity index (χ0n) is 26.8. The molecule has 1 atom stereocenters. The maximum absolute atomic E-state index is 14.1. The first-order valence-electron chi connectivity index (χ1n) is 15.3. The predicted octanol–water partition coefficient (Wildman–Crippen LogP) is 6.21. The first-order chi connectivity index (χ1) is 23.4. The van der Waals surface area contributed by atoms with E-state index in [1.54, 1.807) is 36.4 Å². The van der Waals surface area contributed by atoms with E-state index in [0.29, 0.717) is 61.7 Å². The van der Waals surface area contributed by atoms with Crippen molar-refractivity contribution in [2.45, 2.75) is 26.5 Å². The number of ether oxygens (including phenoxy) is 5. The SMILES string of the molecule is CCOc1ccc([C@@H]2C(C(=O)OC)=CN=c3s/c(=C\c4cc(Cl)c(OCc5cccc6ccccc56)c(OC)c4)c(=O)n32)cc1OCC. The maximum atomic E-state index is 14.1. The molecular weight excluding hydrogens is 652 g/mol. The van der Waals surface area contributed by atoms with Crippen LogP contribution in [0.25, 0.3) is 16.8 Å². The van der Waals surface area contributed by atoms with E-state index < -0.39 is 12.0 Å². The molecule has 0 unspecified atom stereocenters. The Morgan fingerprint density at radius 3 is 2.48 bits per heavy atom. The molecule has 0 aliphatic carbocycles. The van der Waals surface area contributed by atoms with Gasteiger partial charge in [-0.15, -0.1) is 0 Å². The van der Waals surface area contributed by atoms with Crippen molar-refractivity contribution in [1.82, 2.24) is 4.57 Å². The molecule has 6 rings (SSSR count). The minimum atomic E-state index is -0.811. The molecule has 0 amide bonds. The second-order valence-corrected chi connectivity index (χ2v) is 12.1. The zero-order chi connectivity index (χ0) is 33.8. The molecule has 0 radical (unpaired) electrons. The summed E-state index contributed by atoms with van der Waals surface area (Å²) in [5.74, 6) is 1.29. The van der Waals surface area contributed by atoms with Crippen molar-refractivity contribution in [1.29, 1.82) is 0 Å². The third-order valence-electron chi connectivity index (χ3n) is 7.81. The van der Waals surface area contributed by atoms with E-state index in [0.717, 1.165) is 16.3 Å². The second-order valence-electron chi connectivity index (χ2n) is 10.7. The van der Waals surface area contributed by atoms with Crippen LogP contribution in [0.5, 0.6) is 23.0 Å². The summed E-state index contributed by atoms with van der Waals surface area (Å²) in [6, 6.07) is 22.2. The van der Waals surface area contributed by atoms with Crippen LogP contribution in [-0.4, -0.2) is 38.0 Å². The lowest BCUT2D eigenvalue weighted by Crippen LogP contribution is -2.39. The predicted molar refractivity (Wildman–Crippen MR) is 186 cm³/mol. The lowest BCUT2D eigenvalue weighted by Gasteiger charge is -2.23. The van der Waals surface area contributed by atoms with E-state index in [2.05, 4.69) is 23.2 Å². The fraction of sp³-hybridized carbons (Fsp3) is 0.216. The van der Waals surface area contributed by atoms with Gasteiger partial charge in [0.15, 0.2) is 27.8 Å². The van der Waals surface area contributed by atoms with Gasteiger partial charge >= 0.3 is 5.97 Å². The molecule has 0 saturated carbocycles.